The predicted octanol–water partition coefficient (Wildman–Crippen LogP) is 1.73. The molecule has 0 aliphatic carbocycles. The van der Waals surface area contributed by atoms with E-state index >= 15 is 0 Å². The predicted molar refractivity (Wildman–Crippen MR) is 84.3 cm³/mol. The van der Waals surface area contributed by atoms with E-state index in [1.807, 2.05) is 20.8 Å². The zero-order valence-corrected chi connectivity index (χ0v) is 13.7. The molecule has 2 amide bonds. The van der Waals surface area contributed by atoms with Gasteiger partial charge in [0.2, 0.25) is 11.8 Å². The SMILES string of the molecule is CC(C)(C)[C@H]1CNC(=O)[C@@H]1C(=O)NCCOc1ccc(F)cc1. The van der Waals surface area contributed by atoms with Gasteiger partial charge in [-0.1, -0.05) is 20.8 Å². The lowest BCUT2D eigenvalue weighted by atomic mass is 9.74. The van der Waals surface area contributed by atoms with E-state index in [0.29, 0.717) is 12.3 Å². The van der Waals surface area contributed by atoms with Crippen molar-refractivity contribution < 1.29 is 18.7 Å². The number of ether oxygens (including phenoxy) is 1. The van der Waals surface area contributed by atoms with Gasteiger partial charge in [-0.05, 0) is 29.7 Å². The minimum Gasteiger partial charge on any atom is -0.492 e. The summed E-state index contributed by atoms with van der Waals surface area (Å²) in [4.78, 5) is 24.2. The Morgan fingerprint density at radius 1 is 1.35 bits per heavy atom. The Kier molecular flexibility index (Phi) is 5.23. The first-order valence-electron chi connectivity index (χ1n) is 7.73. The first-order valence-corrected chi connectivity index (χ1v) is 7.73. The second-order valence-corrected chi connectivity index (χ2v) is 6.79. The third-order valence-electron chi connectivity index (χ3n) is 4.06. The third-order valence-corrected chi connectivity index (χ3v) is 4.06. The van der Waals surface area contributed by atoms with Gasteiger partial charge in [0, 0.05) is 12.5 Å². The summed E-state index contributed by atoms with van der Waals surface area (Å²) in [6.45, 7) is 7.14. The molecule has 1 fully saturated rings. The number of carbonyl (C=O) groups is 2. The molecule has 2 rings (SSSR count). The lowest BCUT2D eigenvalue weighted by Gasteiger charge is -2.29. The molecule has 0 spiro atoms. The Morgan fingerprint density at radius 2 is 2.00 bits per heavy atom. The maximum absolute atomic E-state index is 12.8. The average Bonchev–Trinajstić information content (AvgIpc) is 2.87. The number of halogens is 1. The second kappa shape index (κ2) is 6.98. The fourth-order valence-corrected chi connectivity index (χ4v) is 2.71. The standard InChI is InChI=1S/C17H23FN2O3/c1-17(2,3)13-10-20-16(22)14(13)15(21)19-8-9-23-12-6-4-11(18)5-7-12/h4-7,13-14H,8-10H2,1-3H3,(H,19,21)(H,20,22)/t13-,14-/m0/s1. The van der Waals surface area contributed by atoms with Gasteiger partial charge in [0.25, 0.3) is 0 Å². The molecule has 1 aromatic carbocycles. The third kappa shape index (κ3) is 4.43. The summed E-state index contributed by atoms with van der Waals surface area (Å²) in [5, 5.41) is 5.50. The van der Waals surface area contributed by atoms with Crippen LogP contribution in [-0.2, 0) is 9.59 Å². The molecular weight excluding hydrogens is 299 g/mol. The van der Waals surface area contributed by atoms with Crippen LogP contribution in [0.3, 0.4) is 0 Å². The Morgan fingerprint density at radius 3 is 2.61 bits per heavy atom. The summed E-state index contributed by atoms with van der Waals surface area (Å²) >= 11 is 0. The quantitative estimate of drug-likeness (QED) is 0.641. The first-order chi connectivity index (χ1) is 10.8. The molecule has 0 unspecified atom stereocenters. The second-order valence-electron chi connectivity index (χ2n) is 6.79. The fourth-order valence-electron chi connectivity index (χ4n) is 2.71. The lowest BCUT2D eigenvalue weighted by Crippen LogP contribution is -2.42. The van der Waals surface area contributed by atoms with Gasteiger partial charge in [-0.25, -0.2) is 4.39 Å². The smallest absolute Gasteiger partial charge is 0.233 e. The highest BCUT2D eigenvalue weighted by Gasteiger charge is 2.45. The van der Waals surface area contributed by atoms with Crippen LogP contribution < -0.4 is 15.4 Å². The van der Waals surface area contributed by atoms with Crippen molar-refractivity contribution in [2.24, 2.45) is 17.3 Å². The Hall–Kier alpha value is -2.11. The summed E-state index contributed by atoms with van der Waals surface area (Å²) in [5.41, 5.74) is -0.133. The molecule has 1 aromatic rings. The van der Waals surface area contributed by atoms with Crippen molar-refractivity contribution >= 4 is 11.8 Å². The van der Waals surface area contributed by atoms with Crippen LogP contribution in [0.1, 0.15) is 20.8 Å². The van der Waals surface area contributed by atoms with E-state index in [1.165, 1.54) is 24.3 Å². The molecule has 1 aliphatic heterocycles. The molecule has 0 saturated carbocycles. The molecule has 0 radical (unpaired) electrons. The van der Waals surface area contributed by atoms with Crippen LogP contribution in [-0.4, -0.2) is 31.5 Å². The van der Waals surface area contributed by atoms with Crippen LogP contribution in [0.25, 0.3) is 0 Å². The van der Waals surface area contributed by atoms with E-state index < -0.39 is 5.92 Å². The number of amides is 2. The Balaban J connectivity index is 1.82. The molecule has 126 valence electrons. The van der Waals surface area contributed by atoms with Gasteiger partial charge in [-0.2, -0.15) is 0 Å². The van der Waals surface area contributed by atoms with Crippen LogP contribution in [0.5, 0.6) is 5.75 Å². The van der Waals surface area contributed by atoms with Gasteiger partial charge in [0.05, 0.1) is 6.54 Å². The fraction of sp³-hybridized carbons (Fsp3) is 0.529. The highest BCUT2D eigenvalue weighted by molar-refractivity contribution is 6.02. The molecular formula is C17H23FN2O3. The van der Waals surface area contributed by atoms with Crippen LogP contribution >= 0.6 is 0 Å². The Labute approximate surface area is 135 Å². The molecule has 1 heterocycles. The molecule has 1 saturated heterocycles. The molecule has 1 aliphatic rings. The minimum atomic E-state index is -0.666. The summed E-state index contributed by atoms with van der Waals surface area (Å²) < 4.78 is 18.2. The number of nitrogens with one attached hydrogen (secondary N) is 2. The zero-order valence-electron chi connectivity index (χ0n) is 13.7. The summed E-state index contributed by atoms with van der Waals surface area (Å²) in [6.07, 6.45) is 0. The van der Waals surface area contributed by atoms with E-state index in [9.17, 15) is 14.0 Å². The molecule has 2 N–H and O–H groups in total. The normalized spacial score (nSPS) is 21.0. The number of benzene rings is 1. The number of rotatable bonds is 5. The van der Waals surface area contributed by atoms with E-state index in [4.69, 9.17) is 4.74 Å². The molecule has 2 atom stereocenters. The number of carbonyl (C=O) groups excluding carboxylic acids is 2. The minimum absolute atomic E-state index is 0.0342. The average molecular weight is 322 g/mol. The van der Waals surface area contributed by atoms with Crippen LogP contribution in [0.4, 0.5) is 4.39 Å². The van der Waals surface area contributed by atoms with Gasteiger partial charge in [-0.15, -0.1) is 0 Å². The van der Waals surface area contributed by atoms with Gasteiger partial charge >= 0.3 is 0 Å². The van der Waals surface area contributed by atoms with Crippen molar-refractivity contribution in [2.75, 3.05) is 19.7 Å². The van der Waals surface area contributed by atoms with Gasteiger partial charge in [0.15, 0.2) is 0 Å². The molecule has 23 heavy (non-hydrogen) atoms. The lowest BCUT2D eigenvalue weighted by molar-refractivity contribution is -0.135. The van der Waals surface area contributed by atoms with E-state index in [2.05, 4.69) is 10.6 Å². The van der Waals surface area contributed by atoms with Gasteiger partial charge in [-0.3, -0.25) is 9.59 Å². The van der Waals surface area contributed by atoms with Crippen LogP contribution in [0.2, 0.25) is 0 Å². The maximum atomic E-state index is 12.8. The highest BCUT2D eigenvalue weighted by atomic mass is 19.1. The maximum Gasteiger partial charge on any atom is 0.233 e. The van der Waals surface area contributed by atoms with Crippen LogP contribution in [0, 0.1) is 23.1 Å². The van der Waals surface area contributed by atoms with Crippen molar-refractivity contribution in [3.8, 4) is 5.75 Å². The summed E-state index contributed by atoms with van der Waals surface area (Å²) in [7, 11) is 0. The van der Waals surface area contributed by atoms with Gasteiger partial charge < -0.3 is 15.4 Å². The molecule has 6 heteroatoms. The van der Waals surface area contributed by atoms with E-state index in [-0.39, 0.29) is 42.1 Å². The number of hydrogen-bond acceptors (Lipinski definition) is 3. The van der Waals surface area contributed by atoms with Crippen molar-refractivity contribution in [2.45, 2.75) is 20.8 Å². The first kappa shape index (κ1) is 17.2. The summed E-state index contributed by atoms with van der Waals surface area (Å²) in [6, 6.07) is 5.67. The largest absolute Gasteiger partial charge is 0.492 e. The van der Waals surface area contributed by atoms with Crippen molar-refractivity contribution in [1.29, 1.82) is 0 Å². The number of hydrogen-bond donors (Lipinski definition) is 2. The van der Waals surface area contributed by atoms with E-state index in [1.54, 1.807) is 0 Å². The van der Waals surface area contributed by atoms with E-state index in [0.717, 1.165) is 0 Å². The summed E-state index contributed by atoms with van der Waals surface area (Å²) in [5.74, 6) is -0.990. The zero-order chi connectivity index (χ0) is 17.0. The van der Waals surface area contributed by atoms with Crippen molar-refractivity contribution in [3.63, 3.8) is 0 Å². The molecule has 0 aromatic heterocycles. The highest BCUT2D eigenvalue weighted by Crippen LogP contribution is 2.35. The topological polar surface area (TPSA) is 67.4 Å². The van der Waals surface area contributed by atoms with Crippen molar-refractivity contribution in [3.05, 3.63) is 30.1 Å². The van der Waals surface area contributed by atoms with Gasteiger partial charge in [0.1, 0.15) is 24.1 Å². The Bertz CT molecular complexity index is 566. The molecule has 0 bridgehead atoms. The van der Waals surface area contributed by atoms with Crippen LogP contribution in [0.15, 0.2) is 24.3 Å². The monoisotopic (exact) mass is 322 g/mol. The van der Waals surface area contributed by atoms with Crippen molar-refractivity contribution in [1.82, 2.24) is 10.6 Å². The molecule has 5 nitrogen and oxygen atoms in total.